The van der Waals surface area contributed by atoms with E-state index in [0.29, 0.717) is 12.0 Å². The number of nitrogens with zero attached hydrogens (tertiary/aromatic N) is 3. The molecule has 1 saturated heterocycles. The summed E-state index contributed by atoms with van der Waals surface area (Å²) in [6, 6.07) is 19.4. The molecule has 0 amide bonds. The van der Waals surface area contributed by atoms with Gasteiger partial charge in [0, 0.05) is 44.5 Å². The van der Waals surface area contributed by atoms with E-state index >= 15 is 0 Å². The number of anilines is 1. The first-order valence-electron chi connectivity index (χ1n) is 9.73. The van der Waals surface area contributed by atoms with Crippen molar-refractivity contribution < 1.29 is 0 Å². The zero-order valence-corrected chi connectivity index (χ0v) is 19.2. The van der Waals surface area contributed by atoms with Crippen LogP contribution in [0.4, 0.5) is 5.69 Å². The van der Waals surface area contributed by atoms with E-state index in [1.54, 1.807) is 0 Å². The molecule has 2 aromatic carbocycles. The van der Waals surface area contributed by atoms with Gasteiger partial charge in [0.05, 0.1) is 0 Å². The Morgan fingerprint density at radius 2 is 1.93 bits per heavy atom. The SMILES string of the molecule is Cc1cccc(NC(N)=NCCCN2CCN(C)CC2c2ccccc2)c1.I. The van der Waals surface area contributed by atoms with Crippen molar-refractivity contribution in [3.8, 4) is 0 Å². The Morgan fingerprint density at radius 1 is 1.14 bits per heavy atom. The van der Waals surface area contributed by atoms with Gasteiger partial charge in [-0.25, -0.2) is 0 Å². The Labute approximate surface area is 186 Å². The lowest BCUT2D eigenvalue weighted by atomic mass is 10.0. The second-order valence-corrected chi connectivity index (χ2v) is 7.34. The largest absolute Gasteiger partial charge is 0.370 e. The van der Waals surface area contributed by atoms with Gasteiger partial charge >= 0.3 is 0 Å². The number of guanidine groups is 1. The number of halogens is 1. The summed E-state index contributed by atoms with van der Waals surface area (Å²) < 4.78 is 0. The zero-order valence-electron chi connectivity index (χ0n) is 16.8. The molecule has 0 spiro atoms. The highest BCUT2D eigenvalue weighted by Crippen LogP contribution is 2.24. The number of hydrogen-bond acceptors (Lipinski definition) is 3. The molecule has 28 heavy (non-hydrogen) atoms. The molecule has 5 nitrogen and oxygen atoms in total. The zero-order chi connectivity index (χ0) is 19.1. The second-order valence-electron chi connectivity index (χ2n) is 7.34. The standard InChI is InChI=1S/C22H31N5.HI/c1-18-8-6-11-20(16-18)25-22(23)24-12-7-13-27-15-14-26(2)17-21(27)19-9-4-3-5-10-19;/h3-6,8-11,16,21H,7,12-15,17H2,1-2H3,(H3,23,24,25);1H. The Morgan fingerprint density at radius 3 is 2.68 bits per heavy atom. The first-order valence-corrected chi connectivity index (χ1v) is 9.73. The fourth-order valence-electron chi connectivity index (χ4n) is 3.60. The van der Waals surface area contributed by atoms with Gasteiger partial charge in [-0.3, -0.25) is 9.89 Å². The summed E-state index contributed by atoms with van der Waals surface area (Å²) in [5.74, 6) is 0.485. The molecule has 152 valence electrons. The third-order valence-electron chi connectivity index (χ3n) is 5.05. The van der Waals surface area contributed by atoms with Crippen LogP contribution >= 0.6 is 24.0 Å². The van der Waals surface area contributed by atoms with Crippen LogP contribution < -0.4 is 11.1 Å². The molecule has 6 heteroatoms. The molecule has 1 heterocycles. The van der Waals surface area contributed by atoms with Gasteiger partial charge in [-0.2, -0.15) is 0 Å². The number of aryl methyl sites for hydroxylation is 1. The van der Waals surface area contributed by atoms with Crippen molar-refractivity contribution in [2.75, 3.05) is 45.1 Å². The lowest BCUT2D eigenvalue weighted by Gasteiger charge is -2.40. The minimum absolute atomic E-state index is 0. The third-order valence-corrected chi connectivity index (χ3v) is 5.05. The van der Waals surface area contributed by atoms with Crippen LogP contribution in [0.2, 0.25) is 0 Å². The molecule has 1 fully saturated rings. The maximum absolute atomic E-state index is 6.03. The van der Waals surface area contributed by atoms with Gasteiger partial charge in [0.2, 0.25) is 0 Å². The quantitative estimate of drug-likeness (QED) is 0.279. The molecule has 3 rings (SSSR count). The molecule has 0 aliphatic carbocycles. The van der Waals surface area contributed by atoms with E-state index < -0.39 is 0 Å². The fraction of sp³-hybridized carbons (Fsp3) is 0.409. The molecule has 0 saturated carbocycles. The smallest absolute Gasteiger partial charge is 0.193 e. The monoisotopic (exact) mass is 493 g/mol. The Kier molecular flexibility index (Phi) is 9.21. The van der Waals surface area contributed by atoms with E-state index in [4.69, 9.17) is 5.73 Å². The lowest BCUT2D eigenvalue weighted by Crippen LogP contribution is -2.47. The number of aliphatic imine (C=N–C) groups is 1. The number of nitrogens with one attached hydrogen (secondary N) is 1. The predicted molar refractivity (Wildman–Crippen MR) is 130 cm³/mol. The van der Waals surface area contributed by atoms with Crippen LogP contribution in [0, 0.1) is 6.92 Å². The highest BCUT2D eigenvalue weighted by Gasteiger charge is 2.25. The van der Waals surface area contributed by atoms with E-state index in [1.807, 2.05) is 12.1 Å². The summed E-state index contributed by atoms with van der Waals surface area (Å²) in [7, 11) is 2.20. The first-order chi connectivity index (χ1) is 13.1. The van der Waals surface area contributed by atoms with Crippen LogP contribution in [0.1, 0.15) is 23.6 Å². The Hall–Kier alpha value is -1.64. The first kappa shape index (κ1) is 22.6. The van der Waals surface area contributed by atoms with Crippen molar-refractivity contribution in [2.45, 2.75) is 19.4 Å². The molecule has 0 aromatic heterocycles. The fourth-order valence-corrected chi connectivity index (χ4v) is 3.60. The maximum atomic E-state index is 6.03. The minimum atomic E-state index is 0. The van der Waals surface area contributed by atoms with Crippen molar-refractivity contribution in [3.05, 3.63) is 65.7 Å². The average molecular weight is 493 g/mol. The average Bonchev–Trinajstić information content (AvgIpc) is 2.67. The van der Waals surface area contributed by atoms with E-state index in [9.17, 15) is 0 Å². The van der Waals surface area contributed by atoms with E-state index in [-0.39, 0.29) is 24.0 Å². The summed E-state index contributed by atoms with van der Waals surface area (Å²) in [5.41, 5.74) is 9.62. The van der Waals surface area contributed by atoms with Crippen LogP contribution in [-0.2, 0) is 0 Å². The molecular formula is C22H32IN5. The number of rotatable bonds is 6. The van der Waals surface area contributed by atoms with E-state index in [1.165, 1.54) is 11.1 Å². The van der Waals surface area contributed by atoms with Crippen LogP contribution in [0.5, 0.6) is 0 Å². The van der Waals surface area contributed by atoms with Gasteiger partial charge in [0.1, 0.15) is 0 Å². The highest BCUT2D eigenvalue weighted by molar-refractivity contribution is 14.0. The van der Waals surface area contributed by atoms with Crippen LogP contribution in [-0.4, -0.2) is 55.5 Å². The number of likely N-dealkylation sites (N-methyl/N-ethyl adjacent to an activating group) is 1. The van der Waals surface area contributed by atoms with Gasteiger partial charge in [-0.05, 0) is 43.7 Å². The lowest BCUT2D eigenvalue weighted by molar-refractivity contribution is 0.0894. The molecule has 3 N–H and O–H groups in total. The van der Waals surface area contributed by atoms with Gasteiger partial charge in [0.15, 0.2) is 5.96 Å². The molecule has 1 aliphatic rings. The maximum Gasteiger partial charge on any atom is 0.193 e. The Bertz CT molecular complexity index is 750. The van der Waals surface area contributed by atoms with E-state index in [0.717, 1.165) is 44.8 Å². The van der Waals surface area contributed by atoms with Crippen LogP contribution in [0.15, 0.2) is 59.6 Å². The molecule has 1 aliphatic heterocycles. The van der Waals surface area contributed by atoms with Gasteiger partial charge in [-0.1, -0.05) is 42.5 Å². The van der Waals surface area contributed by atoms with Crippen molar-refractivity contribution in [1.29, 1.82) is 0 Å². The van der Waals surface area contributed by atoms with Gasteiger partial charge < -0.3 is 16.0 Å². The van der Waals surface area contributed by atoms with Crippen molar-refractivity contribution in [3.63, 3.8) is 0 Å². The molecule has 0 bridgehead atoms. The Balaban J connectivity index is 0.00000280. The van der Waals surface area contributed by atoms with Crippen LogP contribution in [0.3, 0.4) is 0 Å². The molecule has 1 atom stereocenters. The predicted octanol–water partition coefficient (Wildman–Crippen LogP) is 3.72. The van der Waals surface area contributed by atoms with Crippen molar-refractivity contribution in [2.24, 2.45) is 10.7 Å². The van der Waals surface area contributed by atoms with Gasteiger partial charge in [0.25, 0.3) is 0 Å². The van der Waals surface area contributed by atoms with Gasteiger partial charge in [-0.15, -0.1) is 24.0 Å². The minimum Gasteiger partial charge on any atom is -0.370 e. The normalized spacial score (nSPS) is 18.5. The second kappa shape index (κ2) is 11.4. The number of piperazine rings is 1. The summed E-state index contributed by atoms with van der Waals surface area (Å²) >= 11 is 0. The number of nitrogens with two attached hydrogens (primary N) is 1. The highest BCUT2D eigenvalue weighted by atomic mass is 127. The van der Waals surface area contributed by atoms with Crippen molar-refractivity contribution in [1.82, 2.24) is 9.80 Å². The third kappa shape index (κ3) is 6.76. The topological polar surface area (TPSA) is 56.9 Å². The summed E-state index contributed by atoms with van der Waals surface area (Å²) in [5, 5.41) is 3.17. The summed E-state index contributed by atoms with van der Waals surface area (Å²) in [6.07, 6.45) is 1.00. The number of hydrogen-bond donors (Lipinski definition) is 2. The molecular weight excluding hydrogens is 461 g/mol. The van der Waals surface area contributed by atoms with Crippen molar-refractivity contribution >= 4 is 35.6 Å². The van der Waals surface area contributed by atoms with Crippen LogP contribution in [0.25, 0.3) is 0 Å². The molecule has 0 radical (unpaired) electrons. The molecule has 2 aromatic rings. The molecule has 1 unspecified atom stereocenters. The summed E-state index contributed by atoms with van der Waals surface area (Å²) in [6.45, 7) is 7.12. The number of benzene rings is 2. The summed E-state index contributed by atoms with van der Waals surface area (Å²) in [4.78, 5) is 9.48. The van der Waals surface area contributed by atoms with E-state index in [2.05, 4.69) is 76.5 Å².